The first-order chi connectivity index (χ1) is 32.9. The molecule has 9 aromatic carbocycles. The van der Waals surface area contributed by atoms with E-state index in [4.69, 9.17) is 0 Å². The number of benzene rings is 9. The summed E-state index contributed by atoms with van der Waals surface area (Å²) in [5.41, 5.74) is 18.0. The quantitative estimate of drug-likeness (QED) is 0.156. The van der Waals surface area contributed by atoms with Crippen molar-refractivity contribution in [3.63, 3.8) is 0 Å². The minimum Gasteiger partial charge on any atom is -0.311 e. The summed E-state index contributed by atoms with van der Waals surface area (Å²) in [5, 5.41) is 5.04. The molecular weight excluding hydrogens is 811 g/mol. The summed E-state index contributed by atoms with van der Waals surface area (Å²) < 4.78 is 4.83. The molecule has 2 unspecified atom stereocenters. The van der Waals surface area contributed by atoms with E-state index in [2.05, 4.69) is 271 Å². The first-order valence-corrected chi connectivity index (χ1v) is 23.6. The monoisotopic (exact) mass is 859 g/mol. The van der Waals surface area contributed by atoms with Gasteiger partial charge in [-0.15, -0.1) is 0 Å². The van der Waals surface area contributed by atoms with Crippen LogP contribution in [0.25, 0.3) is 77.2 Å². The normalized spacial score (nSPS) is 17.2. The molecule has 0 saturated heterocycles. The van der Waals surface area contributed by atoms with Crippen molar-refractivity contribution in [3.05, 3.63) is 253 Å². The van der Waals surface area contributed by atoms with Crippen LogP contribution in [0.4, 0.5) is 11.4 Å². The summed E-state index contributed by atoms with van der Waals surface area (Å²) in [6.45, 7) is 7.39. The Morgan fingerprint density at radius 2 is 0.925 bits per heavy atom. The minimum atomic E-state index is -0.217. The molecule has 0 radical (unpaired) electrons. The molecule has 2 aromatic heterocycles. The highest BCUT2D eigenvalue weighted by atomic mass is 15.2. The van der Waals surface area contributed by atoms with Gasteiger partial charge in [-0.1, -0.05) is 185 Å². The van der Waals surface area contributed by atoms with Gasteiger partial charge in [0.25, 0.3) is 0 Å². The molecule has 0 spiro atoms. The van der Waals surface area contributed by atoms with Gasteiger partial charge >= 0.3 is 0 Å². The molecule has 0 amide bonds. The Bertz CT molecular complexity index is 3720. The van der Waals surface area contributed by atoms with Crippen LogP contribution in [0, 0.1) is 5.41 Å². The second-order valence-electron chi connectivity index (χ2n) is 19.1. The Balaban J connectivity index is 0.907. The molecular formula is C64H49N3. The minimum absolute atomic E-state index is 0.160. The predicted molar refractivity (Wildman–Crippen MR) is 282 cm³/mol. The van der Waals surface area contributed by atoms with E-state index in [9.17, 15) is 0 Å². The molecule has 2 atom stereocenters. The molecule has 320 valence electrons. The number of anilines is 2. The van der Waals surface area contributed by atoms with Gasteiger partial charge in [0.15, 0.2) is 0 Å². The molecule has 0 N–H and O–H groups in total. The zero-order valence-corrected chi connectivity index (χ0v) is 37.9. The molecule has 2 aliphatic rings. The maximum atomic E-state index is 2.59. The molecule has 2 aliphatic carbocycles. The van der Waals surface area contributed by atoms with Crippen molar-refractivity contribution in [2.24, 2.45) is 5.41 Å². The fourth-order valence-corrected chi connectivity index (χ4v) is 11.8. The van der Waals surface area contributed by atoms with Crippen molar-refractivity contribution in [2.75, 3.05) is 4.90 Å². The van der Waals surface area contributed by atoms with Crippen molar-refractivity contribution in [1.82, 2.24) is 9.13 Å². The zero-order chi connectivity index (χ0) is 44.9. The van der Waals surface area contributed by atoms with E-state index in [-0.39, 0.29) is 16.7 Å². The molecule has 3 nitrogen and oxygen atoms in total. The number of hydrogen-bond donors (Lipinski definition) is 0. The van der Waals surface area contributed by atoms with E-state index in [1.165, 1.54) is 88.4 Å². The molecule has 13 rings (SSSR count). The van der Waals surface area contributed by atoms with Gasteiger partial charge in [-0.05, 0) is 112 Å². The van der Waals surface area contributed by atoms with Gasteiger partial charge in [0.2, 0.25) is 0 Å². The van der Waals surface area contributed by atoms with Gasteiger partial charge in [0.05, 0.1) is 22.1 Å². The molecule has 67 heavy (non-hydrogen) atoms. The largest absolute Gasteiger partial charge is 0.311 e. The Hall–Kier alpha value is -8.14. The lowest BCUT2D eigenvalue weighted by Gasteiger charge is -2.43. The highest BCUT2D eigenvalue weighted by molar-refractivity contribution is 6.11. The van der Waals surface area contributed by atoms with Gasteiger partial charge < -0.3 is 14.0 Å². The predicted octanol–water partition coefficient (Wildman–Crippen LogP) is 16.9. The Labute approximate surface area is 391 Å². The van der Waals surface area contributed by atoms with Crippen molar-refractivity contribution in [2.45, 2.75) is 32.1 Å². The van der Waals surface area contributed by atoms with Gasteiger partial charge in [0, 0.05) is 61.3 Å². The van der Waals surface area contributed by atoms with Crippen molar-refractivity contribution in [3.8, 4) is 33.6 Å². The highest BCUT2D eigenvalue weighted by Crippen LogP contribution is 2.64. The van der Waals surface area contributed by atoms with Crippen LogP contribution in [0.5, 0.6) is 0 Å². The smallest absolute Gasteiger partial charge is 0.0561 e. The summed E-state index contributed by atoms with van der Waals surface area (Å²) >= 11 is 0. The number of rotatable bonds is 7. The lowest BCUT2D eigenvalue weighted by Crippen LogP contribution is -2.38. The average Bonchev–Trinajstić information content (AvgIpc) is 3.95. The highest BCUT2D eigenvalue weighted by Gasteiger charge is 2.55. The van der Waals surface area contributed by atoms with E-state index in [0.717, 1.165) is 17.1 Å². The molecule has 11 aromatic rings. The van der Waals surface area contributed by atoms with Gasteiger partial charge in [-0.2, -0.15) is 0 Å². The first-order valence-electron chi connectivity index (χ1n) is 23.6. The number of fused-ring (bicyclic) bond motifs is 9. The van der Waals surface area contributed by atoms with Crippen molar-refractivity contribution >= 4 is 55.0 Å². The van der Waals surface area contributed by atoms with E-state index in [1.807, 2.05) is 0 Å². The molecule has 0 aliphatic heterocycles. The van der Waals surface area contributed by atoms with E-state index >= 15 is 0 Å². The molecule has 0 saturated carbocycles. The fraction of sp³-hybridized carbons (Fsp3) is 0.0938. The van der Waals surface area contributed by atoms with Gasteiger partial charge in [-0.25, -0.2) is 0 Å². The number of hydrogen-bond acceptors (Lipinski definition) is 1. The van der Waals surface area contributed by atoms with Crippen LogP contribution in [0.1, 0.15) is 37.8 Å². The summed E-state index contributed by atoms with van der Waals surface area (Å²) in [6.07, 6.45) is 7.47. The van der Waals surface area contributed by atoms with Crippen LogP contribution in [0.3, 0.4) is 0 Å². The Morgan fingerprint density at radius 3 is 1.54 bits per heavy atom. The summed E-state index contributed by atoms with van der Waals surface area (Å²) in [7, 11) is 0. The fourth-order valence-electron chi connectivity index (χ4n) is 11.8. The van der Waals surface area contributed by atoms with Crippen LogP contribution in [0.2, 0.25) is 0 Å². The second-order valence-corrected chi connectivity index (χ2v) is 19.1. The van der Waals surface area contributed by atoms with E-state index in [0.29, 0.717) is 0 Å². The molecule has 0 fully saturated rings. The van der Waals surface area contributed by atoms with E-state index in [1.54, 1.807) is 0 Å². The Morgan fingerprint density at radius 1 is 0.418 bits per heavy atom. The molecule has 2 heterocycles. The molecule has 3 heteroatoms. The lowest BCUT2D eigenvalue weighted by atomic mass is 9.62. The summed E-state index contributed by atoms with van der Waals surface area (Å²) in [4.78, 5) is 2.46. The van der Waals surface area contributed by atoms with Crippen molar-refractivity contribution in [1.29, 1.82) is 0 Å². The van der Waals surface area contributed by atoms with Crippen LogP contribution in [-0.4, -0.2) is 9.13 Å². The molecule has 0 bridgehead atoms. The number of para-hydroxylation sites is 4. The van der Waals surface area contributed by atoms with Crippen LogP contribution in [-0.2, 0) is 5.41 Å². The maximum absolute atomic E-state index is 2.59. The number of aromatic nitrogens is 2. The zero-order valence-electron chi connectivity index (χ0n) is 37.9. The summed E-state index contributed by atoms with van der Waals surface area (Å²) in [5.74, 6) is 0.191. The van der Waals surface area contributed by atoms with Crippen LogP contribution < -0.4 is 4.90 Å². The van der Waals surface area contributed by atoms with Gasteiger partial charge in [0.1, 0.15) is 0 Å². The Kier molecular flexibility index (Phi) is 8.76. The third kappa shape index (κ3) is 5.90. The third-order valence-electron chi connectivity index (χ3n) is 15.4. The SMILES string of the molecule is CC1(C)c2cccc(-c3ccc(-n4c5ccccc5c5ccccc54)cc3)c2C2C=CC(N(c3ccccc3)c3ccc4c5ccccc5n(-c5ccc(-c6ccccc6)cc5)c4c3)=CC21C. The van der Waals surface area contributed by atoms with Gasteiger partial charge in [-0.3, -0.25) is 0 Å². The number of allylic oxidation sites excluding steroid dienone is 3. The standard InChI is InChI=1S/C64H49N3/c1-63(2)56-25-16-24-51(45-31-35-47(36-32-45)66-58-26-13-10-21-52(58)53-22-11-14-27-59(53)66)62(56)57-40-38-50(42-64(57,63)3)65(46-19-8-5-9-20-46)49-37-39-55-54-23-12-15-28-60(54)67(61(55)41-49)48-33-29-44(30-34-48)43-17-6-4-7-18-43/h4-42,57H,1-3H3. The second kappa shape index (κ2) is 15.0. The third-order valence-corrected chi connectivity index (χ3v) is 15.4. The topological polar surface area (TPSA) is 13.1 Å². The van der Waals surface area contributed by atoms with E-state index < -0.39 is 0 Å². The van der Waals surface area contributed by atoms with Crippen LogP contribution >= 0.6 is 0 Å². The van der Waals surface area contributed by atoms with Crippen molar-refractivity contribution < 1.29 is 0 Å². The maximum Gasteiger partial charge on any atom is 0.0561 e. The van der Waals surface area contributed by atoms with Crippen LogP contribution in [0.15, 0.2) is 242 Å². The first kappa shape index (κ1) is 39.2. The lowest BCUT2D eigenvalue weighted by molar-refractivity contribution is 0.243. The summed E-state index contributed by atoms with van der Waals surface area (Å²) in [6, 6.07) is 80.1. The number of nitrogens with zero attached hydrogens (tertiary/aromatic N) is 3. The average molecular weight is 860 g/mol.